The number of ether oxygens (including phenoxy) is 4. The molecule has 3 amide bonds. The Kier molecular flexibility index (Phi) is 19.1. The molecule has 306 valence electrons. The molecule has 2 aromatic rings. The summed E-state index contributed by atoms with van der Waals surface area (Å²) in [5.41, 5.74) is 0.760. The first kappa shape index (κ1) is 46.9. The van der Waals surface area contributed by atoms with Crippen LogP contribution in [0.15, 0.2) is 60.7 Å². The number of rotatable bonds is 21. The van der Waals surface area contributed by atoms with E-state index in [0.29, 0.717) is 11.6 Å². The predicted octanol–water partition coefficient (Wildman–Crippen LogP) is 6.96. The van der Waals surface area contributed by atoms with Gasteiger partial charge in [-0.05, 0) is 69.5 Å². The molecular weight excluding hydrogens is 719 g/mol. The quantitative estimate of drug-likeness (QED) is 0.0692. The minimum atomic E-state index is -1.61. The van der Waals surface area contributed by atoms with Crippen molar-refractivity contribution in [3.05, 3.63) is 71.8 Å². The Balaban J connectivity index is 2.42. The van der Waals surface area contributed by atoms with Gasteiger partial charge in [0, 0.05) is 8.07 Å². The first-order valence-electron chi connectivity index (χ1n) is 19.3. The van der Waals surface area contributed by atoms with Crippen LogP contribution in [0, 0.1) is 17.8 Å². The number of nitrogens with one attached hydrogen (secondary N) is 3. The SMILES string of the molecule is CC(C)C[C@H](NC(=O)[C@@H](CC(C)C)NC(=O)OCc1ccccc1)C(=O)N[C@H](C(=O)OCC[Si](C)(C)C)[C@H](OC(=O)C(C)COC(C)(C)C)c1ccccc1. The Morgan fingerprint density at radius 2 is 1.22 bits per heavy atom. The summed E-state index contributed by atoms with van der Waals surface area (Å²) in [5, 5.41) is 8.27. The van der Waals surface area contributed by atoms with E-state index < -0.39 is 73.7 Å². The van der Waals surface area contributed by atoms with Crippen LogP contribution in [0.25, 0.3) is 0 Å². The Morgan fingerprint density at radius 3 is 1.75 bits per heavy atom. The Labute approximate surface area is 329 Å². The van der Waals surface area contributed by atoms with Gasteiger partial charge in [0.05, 0.1) is 24.7 Å². The first-order chi connectivity index (χ1) is 25.6. The molecule has 0 aliphatic rings. The van der Waals surface area contributed by atoms with Crippen molar-refractivity contribution in [3.8, 4) is 0 Å². The second kappa shape index (κ2) is 22.4. The van der Waals surface area contributed by atoms with E-state index in [-0.39, 0.29) is 44.5 Å². The highest BCUT2D eigenvalue weighted by Gasteiger charge is 2.39. The van der Waals surface area contributed by atoms with Crippen molar-refractivity contribution in [1.29, 1.82) is 0 Å². The van der Waals surface area contributed by atoms with Crippen molar-refractivity contribution in [3.63, 3.8) is 0 Å². The Morgan fingerprint density at radius 1 is 0.691 bits per heavy atom. The molecule has 0 aliphatic heterocycles. The van der Waals surface area contributed by atoms with E-state index in [1.807, 2.05) is 78.8 Å². The van der Waals surface area contributed by atoms with Gasteiger partial charge in [-0.15, -0.1) is 0 Å². The largest absolute Gasteiger partial charge is 0.464 e. The molecule has 12 nitrogen and oxygen atoms in total. The lowest BCUT2D eigenvalue weighted by atomic mass is 9.98. The number of esters is 2. The van der Waals surface area contributed by atoms with E-state index in [1.54, 1.807) is 37.3 Å². The summed E-state index contributed by atoms with van der Waals surface area (Å²) in [4.78, 5) is 68.4. The van der Waals surface area contributed by atoms with E-state index in [0.717, 1.165) is 5.56 Å². The van der Waals surface area contributed by atoms with Gasteiger partial charge in [0.25, 0.3) is 0 Å². The van der Waals surface area contributed by atoms with Gasteiger partial charge < -0.3 is 34.9 Å². The molecule has 0 saturated heterocycles. The number of carbonyl (C=O) groups excluding carboxylic acids is 5. The van der Waals surface area contributed by atoms with Gasteiger partial charge in [-0.3, -0.25) is 14.4 Å². The second-order valence-corrected chi connectivity index (χ2v) is 22.8. The summed E-state index contributed by atoms with van der Waals surface area (Å²) < 4.78 is 23.0. The van der Waals surface area contributed by atoms with Crippen LogP contribution < -0.4 is 16.0 Å². The average Bonchev–Trinajstić information content (AvgIpc) is 3.09. The highest BCUT2D eigenvalue weighted by Crippen LogP contribution is 2.26. The van der Waals surface area contributed by atoms with E-state index in [2.05, 4.69) is 35.6 Å². The molecule has 0 spiro atoms. The van der Waals surface area contributed by atoms with Crippen LogP contribution in [-0.4, -0.2) is 74.9 Å². The number of benzene rings is 2. The molecule has 0 aromatic heterocycles. The van der Waals surface area contributed by atoms with Gasteiger partial charge in [0.2, 0.25) is 11.8 Å². The minimum Gasteiger partial charge on any atom is -0.464 e. The van der Waals surface area contributed by atoms with Gasteiger partial charge in [0.15, 0.2) is 12.1 Å². The summed E-state index contributed by atoms with van der Waals surface area (Å²) in [7, 11) is -1.61. The molecule has 5 atom stereocenters. The molecule has 2 aromatic carbocycles. The third-order valence-corrected chi connectivity index (χ3v) is 10.1. The maximum Gasteiger partial charge on any atom is 0.408 e. The van der Waals surface area contributed by atoms with Crippen molar-refractivity contribution < 1.29 is 42.9 Å². The smallest absolute Gasteiger partial charge is 0.408 e. The zero-order chi connectivity index (χ0) is 41.3. The summed E-state index contributed by atoms with van der Waals surface area (Å²) in [5.74, 6) is -3.40. The first-order valence-corrected chi connectivity index (χ1v) is 23.0. The van der Waals surface area contributed by atoms with Crippen molar-refractivity contribution in [2.45, 2.75) is 130 Å². The monoisotopic (exact) mass is 783 g/mol. The molecular formula is C42H65N3O9Si. The molecule has 0 radical (unpaired) electrons. The van der Waals surface area contributed by atoms with Crippen LogP contribution >= 0.6 is 0 Å². The number of amides is 3. The van der Waals surface area contributed by atoms with Gasteiger partial charge >= 0.3 is 18.0 Å². The van der Waals surface area contributed by atoms with Gasteiger partial charge in [-0.25, -0.2) is 9.59 Å². The fourth-order valence-electron chi connectivity index (χ4n) is 5.30. The normalized spacial score (nSPS) is 14.6. The lowest BCUT2D eigenvalue weighted by molar-refractivity contribution is -0.165. The van der Waals surface area contributed by atoms with Crippen molar-refractivity contribution in [2.24, 2.45) is 17.8 Å². The molecule has 0 bridgehead atoms. The van der Waals surface area contributed by atoms with Crippen LogP contribution in [0.2, 0.25) is 25.7 Å². The zero-order valence-electron chi connectivity index (χ0n) is 34.7. The average molecular weight is 784 g/mol. The summed E-state index contributed by atoms with van der Waals surface area (Å²) >= 11 is 0. The van der Waals surface area contributed by atoms with Crippen LogP contribution in [0.3, 0.4) is 0 Å². The van der Waals surface area contributed by atoms with E-state index in [1.165, 1.54) is 0 Å². The third kappa shape index (κ3) is 18.8. The second-order valence-electron chi connectivity index (χ2n) is 17.1. The van der Waals surface area contributed by atoms with Crippen LogP contribution in [0.5, 0.6) is 0 Å². The Hall–Kier alpha value is -4.23. The van der Waals surface area contributed by atoms with Crippen molar-refractivity contribution in [1.82, 2.24) is 16.0 Å². The summed E-state index contributed by atoms with van der Waals surface area (Å²) in [6, 6.07) is 14.9. The topological polar surface area (TPSA) is 158 Å². The highest BCUT2D eigenvalue weighted by atomic mass is 28.3. The van der Waals surface area contributed by atoms with Gasteiger partial charge in [-0.1, -0.05) is 108 Å². The lowest BCUT2D eigenvalue weighted by Crippen LogP contribution is -2.57. The zero-order valence-corrected chi connectivity index (χ0v) is 35.7. The van der Waals surface area contributed by atoms with Gasteiger partial charge in [-0.2, -0.15) is 0 Å². The maximum absolute atomic E-state index is 14.3. The van der Waals surface area contributed by atoms with E-state index >= 15 is 0 Å². The molecule has 55 heavy (non-hydrogen) atoms. The number of carbonyl (C=O) groups is 5. The Bertz CT molecular complexity index is 1510. The van der Waals surface area contributed by atoms with Crippen LogP contribution in [-0.2, 0) is 44.7 Å². The number of alkyl carbamates (subject to hydrolysis) is 1. The maximum atomic E-state index is 14.3. The van der Waals surface area contributed by atoms with Crippen LogP contribution in [0.1, 0.15) is 85.5 Å². The fourth-order valence-corrected chi connectivity index (χ4v) is 6.01. The minimum absolute atomic E-state index is 0.00960. The summed E-state index contributed by atoms with van der Waals surface area (Å²) in [6.07, 6.45) is -1.56. The summed E-state index contributed by atoms with van der Waals surface area (Å²) in [6.45, 7) is 21.6. The highest BCUT2D eigenvalue weighted by molar-refractivity contribution is 6.76. The predicted molar refractivity (Wildman–Crippen MR) is 216 cm³/mol. The van der Waals surface area contributed by atoms with Crippen molar-refractivity contribution in [2.75, 3.05) is 13.2 Å². The third-order valence-electron chi connectivity index (χ3n) is 8.36. The number of hydrogen-bond acceptors (Lipinski definition) is 9. The molecule has 1 unspecified atom stereocenters. The van der Waals surface area contributed by atoms with E-state index in [4.69, 9.17) is 18.9 Å². The van der Waals surface area contributed by atoms with Crippen molar-refractivity contribution >= 4 is 37.9 Å². The standard InChI is InChI=1S/C42H65N3O9Si/c1-28(2)24-33(43-37(46)34(25-29(3)4)44-41(50)52-27-31-18-14-12-15-19-31)38(47)45-35(40(49)51-22-23-55(9,10)11)36(32-20-16-13-17-21-32)54-39(48)30(5)26-53-42(6,7)8/h12-21,28-30,33-36H,22-27H2,1-11H3,(H,43,46)(H,44,50)(H,45,47)/t30?,33-,34+,35-,36+/m0/s1. The lowest BCUT2D eigenvalue weighted by Gasteiger charge is -2.31. The molecule has 3 N–H and O–H groups in total. The molecule has 0 aliphatic carbocycles. The molecule has 0 fully saturated rings. The van der Waals surface area contributed by atoms with Crippen LogP contribution in [0.4, 0.5) is 4.79 Å². The molecule has 2 rings (SSSR count). The van der Waals surface area contributed by atoms with Gasteiger partial charge in [0.1, 0.15) is 18.7 Å². The number of hydrogen-bond donors (Lipinski definition) is 3. The van der Waals surface area contributed by atoms with E-state index in [9.17, 15) is 24.0 Å². The fraction of sp³-hybridized carbons (Fsp3) is 0.595. The molecule has 0 saturated carbocycles. The molecule has 13 heteroatoms. The molecule has 0 heterocycles.